The van der Waals surface area contributed by atoms with Crippen LogP contribution in [0.4, 0.5) is 0 Å². The molecule has 0 atom stereocenters. The Bertz CT molecular complexity index is 1750. The summed E-state index contributed by atoms with van der Waals surface area (Å²) in [5.74, 6) is -2.62. The topological polar surface area (TPSA) is 168 Å². The molecule has 6 rings (SSSR count). The summed E-state index contributed by atoms with van der Waals surface area (Å²) in [5, 5.41) is 39.9. The van der Waals surface area contributed by atoms with Gasteiger partial charge in [-0.15, -0.1) is 0 Å². The second kappa shape index (κ2) is 10.1. The number of hydrogen-bond donors (Lipinski definition) is 4. The maximum absolute atomic E-state index is 12.5. The number of benzene rings is 4. The van der Waals surface area contributed by atoms with Crippen molar-refractivity contribution in [2.75, 3.05) is 14.2 Å². The van der Waals surface area contributed by atoms with Crippen LogP contribution in [0, 0.1) is 13.8 Å². The van der Waals surface area contributed by atoms with E-state index in [9.17, 15) is 39.6 Å². The molecule has 0 unspecified atom stereocenters. The molecule has 0 fully saturated rings. The number of aryl methyl sites for hydroxylation is 2. The summed E-state index contributed by atoms with van der Waals surface area (Å²) in [7, 11) is 2.81. The van der Waals surface area contributed by atoms with Gasteiger partial charge in [-0.2, -0.15) is 0 Å². The lowest BCUT2D eigenvalue weighted by atomic mass is 9.82. The van der Waals surface area contributed by atoms with Crippen LogP contribution in [-0.2, 0) is 0 Å². The molecule has 0 saturated carbocycles. The van der Waals surface area contributed by atoms with Gasteiger partial charge < -0.3 is 29.9 Å². The molecule has 0 amide bonds. The van der Waals surface area contributed by atoms with E-state index < -0.39 is 23.1 Å². The van der Waals surface area contributed by atoms with E-state index in [0.717, 1.165) is 0 Å². The molecular weight excluding hydrogens is 544 g/mol. The van der Waals surface area contributed by atoms with Crippen molar-refractivity contribution in [3.8, 4) is 34.5 Å². The molecule has 0 aliphatic heterocycles. The van der Waals surface area contributed by atoms with E-state index in [4.69, 9.17) is 9.47 Å². The maximum atomic E-state index is 12.5. The summed E-state index contributed by atoms with van der Waals surface area (Å²) in [5.41, 5.74) is 1.42. The summed E-state index contributed by atoms with van der Waals surface area (Å²) in [4.78, 5) is 50.1. The van der Waals surface area contributed by atoms with E-state index >= 15 is 0 Å². The number of phenolic OH excluding ortho intramolecular Hbond substituents is 4. The smallest absolute Gasteiger partial charge is 0.201 e. The van der Waals surface area contributed by atoms with Gasteiger partial charge in [-0.3, -0.25) is 19.2 Å². The van der Waals surface area contributed by atoms with E-state index in [-0.39, 0.29) is 79.0 Å². The van der Waals surface area contributed by atoms with E-state index in [1.807, 2.05) is 0 Å². The van der Waals surface area contributed by atoms with Crippen LogP contribution in [-0.4, -0.2) is 57.8 Å². The van der Waals surface area contributed by atoms with Crippen LogP contribution in [0.1, 0.15) is 74.8 Å². The van der Waals surface area contributed by atoms with Crippen molar-refractivity contribution < 1.29 is 49.1 Å². The zero-order valence-electron chi connectivity index (χ0n) is 22.9. The fourth-order valence-electron chi connectivity index (χ4n) is 5.18. The van der Waals surface area contributed by atoms with Gasteiger partial charge in [0.15, 0.2) is 11.6 Å². The zero-order chi connectivity index (χ0) is 30.6. The Labute approximate surface area is 239 Å². The SMILES string of the molecule is COc1cc(O)c2c(c1)C(=O)c1cc(C)cc(O)c1C2=O.COc1cc(O)c2c(c1)C(=O)c1cc(C)cc(O)c1C2=O. The third-order valence-corrected chi connectivity index (χ3v) is 7.06. The first kappa shape index (κ1) is 27.9. The average molecular weight is 569 g/mol. The van der Waals surface area contributed by atoms with Crippen LogP contribution in [0.15, 0.2) is 48.5 Å². The van der Waals surface area contributed by atoms with Gasteiger partial charge >= 0.3 is 0 Å². The number of carbonyl (C=O) groups excluding carboxylic acids is 4. The molecule has 4 aromatic rings. The first-order valence-corrected chi connectivity index (χ1v) is 12.6. The molecule has 2 aliphatic rings. The van der Waals surface area contributed by atoms with Crippen molar-refractivity contribution in [2.45, 2.75) is 13.8 Å². The second-order valence-corrected chi connectivity index (χ2v) is 9.87. The highest BCUT2D eigenvalue weighted by Gasteiger charge is 2.36. The molecule has 4 N–H and O–H groups in total. The minimum absolute atomic E-state index is 0.0708. The van der Waals surface area contributed by atoms with Crippen LogP contribution in [0.2, 0.25) is 0 Å². The van der Waals surface area contributed by atoms with Gasteiger partial charge in [0, 0.05) is 34.4 Å². The van der Waals surface area contributed by atoms with Crippen LogP contribution in [0.5, 0.6) is 34.5 Å². The molecule has 0 bridgehead atoms. The first-order valence-electron chi connectivity index (χ1n) is 12.6. The van der Waals surface area contributed by atoms with Crippen molar-refractivity contribution in [2.24, 2.45) is 0 Å². The van der Waals surface area contributed by atoms with E-state index in [1.165, 1.54) is 50.6 Å². The normalized spacial score (nSPS) is 12.9. The molecule has 0 heterocycles. The predicted octanol–water partition coefficient (Wildman–Crippen LogP) is 4.38. The van der Waals surface area contributed by atoms with Crippen LogP contribution < -0.4 is 9.47 Å². The first-order chi connectivity index (χ1) is 19.9. The molecular formula is C32H24O10. The minimum atomic E-state index is -0.572. The average Bonchev–Trinajstić information content (AvgIpc) is 2.93. The highest BCUT2D eigenvalue weighted by Crippen LogP contribution is 2.40. The van der Waals surface area contributed by atoms with Crippen molar-refractivity contribution in [1.29, 1.82) is 0 Å². The third kappa shape index (κ3) is 4.29. The Hall–Kier alpha value is -5.64. The Kier molecular flexibility index (Phi) is 6.70. The van der Waals surface area contributed by atoms with E-state index in [1.54, 1.807) is 26.0 Å². The lowest BCUT2D eigenvalue weighted by Crippen LogP contribution is -2.21. The minimum Gasteiger partial charge on any atom is -0.507 e. The lowest BCUT2D eigenvalue weighted by molar-refractivity contribution is 0.0973. The number of phenols is 4. The van der Waals surface area contributed by atoms with Gasteiger partial charge in [-0.25, -0.2) is 0 Å². The van der Waals surface area contributed by atoms with Crippen molar-refractivity contribution in [3.63, 3.8) is 0 Å². The highest BCUT2D eigenvalue weighted by atomic mass is 16.5. The quantitative estimate of drug-likeness (QED) is 0.235. The Morgan fingerprint density at radius 3 is 1.02 bits per heavy atom. The molecule has 0 aromatic heterocycles. The molecule has 42 heavy (non-hydrogen) atoms. The number of carbonyl (C=O) groups is 4. The molecule has 0 spiro atoms. The Morgan fingerprint density at radius 2 is 0.714 bits per heavy atom. The number of rotatable bonds is 2. The van der Waals surface area contributed by atoms with E-state index in [0.29, 0.717) is 11.1 Å². The lowest BCUT2D eigenvalue weighted by Gasteiger charge is -2.20. The number of fused-ring (bicyclic) bond motifs is 4. The molecule has 4 aromatic carbocycles. The summed E-state index contributed by atoms with van der Waals surface area (Å²) in [6.45, 7) is 3.44. The molecule has 0 saturated heterocycles. The van der Waals surface area contributed by atoms with Gasteiger partial charge in [0.2, 0.25) is 11.6 Å². The van der Waals surface area contributed by atoms with Crippen LogP contribution in [0.25, 0.3) is 0 Å². The Balaban J connectivity index is 0.000000168. The summed E-state index contributed by atoms with van der Waals surface area (Å²) in [6.07, 6.45) is 0. The van der Waals surface area contributed by atoms with Gasteiger partial charge in [-0.05, 0) is 61.4 Å². The summed E-state index contributed by atoms with van der Waals surface area (Å²) >= 11 is 0. The third-order valence-electron chi connectivity index (χ3n) is 7.06. The highest BCUT2D eigenvalue weighted by molar-refractivity contribution is 6.31. The standard InChI is InChI=1S/2C16H12O5/c2*1-7-3-9-13(11(17)4-7)16(20)14-10(15(9)19)5-8(21-2)6-12(14)18/h2*3-6,17-18H,1-2H3. The van der Waals surface area contributed by atoms with Gasteiger partial charge in [-0.1, -0.05) is 0 Å². The number of ether oxygens (including phenoxy) is 2. The number of hydrogen-bond acceptors (Lipinski definition) is 10. The predicted molar refractivity (Wildman–Crippen MR) is 149 cm³/mol. The number of methoxy groups -OCH3 is 2. The van der Waals surface area contributed by atoms with Gasteiger partial charge in [0.1, 0.15) is 34.5 Å². The molecule has 212 valence electrons. The molecule has 10 heteroatoms. The fraction of sp³-hybridized carbons (Fsp3) is 0.125. The second-order valence-electron chi connectivity index (χ2n) is 9.87. The summed E-state index contributed by atoms with van der Waals surface area (Å²) < 4.78 is 10.0. The Morgan fingerprint density at radius 1 is 0.429 bits per heavy atom. The van der Waals surface area contributed by atoms with Gasteiger partial charge in [0.05, 0.1) is 36.5 Å². The van der Waals surface area contributed by atoms with E-state index in [2.05, 4.69) is 0 Å². The maximum Gasteiger partial charge on any atom is 0.201 e. The molecule has 2 aliphatic carbocycles. The molecule has 10 nitrogen and oxygen atoms in total. The van der Waals surface area contributed by atoms with Crippen molar-refractivity contribution >= 4 is 23.1 Å². The number of aromatic hydroxyl groups is 4. The fourth-order valence-corrected chi connectivity index (χ4v) is 5.18. The van der Waals surface area contributed by atoms with Gasteiger partial charge in [0.25, 0.3) is 0 Å². The van der Waals surface area contributed by atoms with Crippen LogP contribution in [0.3, 0.4) is 0 Å². The van der Waals surface area contributed by atoms with Crippen molar-refractivity contribution in [3.05, 3.63) is 104 Å². The number of ketones is 4. The zero-order valence-corrected chi connectivity index (χ0v) is 22.9. The monoisotopic (exact) mass is 568 g/mol. The largest absolute Gasteiger partial charge is 0.507 e. The molecule has 0 radical (unpaired) electrons. The van der Waals surface area contributed by atoms with Crippen LogP contribution >= 0.6 is 0 Å². The summed E-state index contributed by atoms with van der Waals surface area (Å²) in [6, 6.07) is 11.3. The van der Waals surface area contributed by atoms with Crippen molar-refractivity contribution in [1.82, 2.24) is 0 Å².